The van der Waals surface area contributed by atoms with E-state index in [2.05, 4.69) is 4.98 Å². The predicted molar refractivity (Wildman–Crippen MR) is 118 cm³/mol. The van der Waals surface area contributed by atoms with Crippen LogP contribution < -0.4 is 9.64 Å². The number of ether oxygens (including phenoxy) is 1. The number of methoxy groups -OCH3 is 1. The minimum absolute atomic E-state index is 0.239. The van der Waals surface area contributed by atoms with Crippen molar-refractivity contribution in [3.8, 4) is 17.0 Å². The molecule has 0 spiro atoms. The maximum absolute atomic E-state index is 13.3. The molecular formula is C22H21F3N2O3S2. The molecule has 10 heteroatoms. The van der Waals surface area contributed by atoms with Crippen LogP contribution in [0.25, 0.3) is 11.3 Å². The van der Waals surface area contributed by atoms with E-state index in [1.165, 1.54) is 23.5 Å². The molecule has 0 amide bonds. The Morgan fingerprint density at radius 1 is 1.09 bits per heavy atom. The SMILES string of the molecule is COc1cccc(-c2csc(N3CCC(S(=O)(=O)c4ccccc4C(F)(F)F)CC3)n2)c1. The second kappa shape index (κ2) is 8.74. The van der Waals surface area contributed by atoms with Gasteiger partial charge in [0.1, 0.15) is 5.75 Å². The highest BCUT2D eigenvalue weighted by atomic mass is 32.2. The normalized spacial score (nSPS) is 15.7. The Kier molecular flexibility index (Phi) is 6.17. The molecule has 0 N–H and O–H groups in total. The van der Waals surface area contributed by atoms with Crippen molar-refractivity contribution in [2.24, 2.45) is 0 Å². The van der Waals surface area contributed by atoms with Crippen LogP contribution in [-0.4, -0.2) is 38.9 Å². The topological polar surface area (TPSA) is 59.5 Å². The summed E-state index contributed by atoms with van der Waals surface area (Å²) in [6, 6.07) is 11.9. The fraction of sp³-hybridized carbons (Fsp3) is 0.318. The van der Waals surface area contributed by atoms with E-state index in [1.54, 1.807) is 7.11 Å². The first-order valence-electron chi connectivity index (χ1n) is 9.95. The summed E-state index contributed by atoms with van der Waals surface area (Å²) in [5.74, 6) is 0.724. The standard InChI is InChI=1S/C22H21F3N2O3S2/c1-30-16-6-4-5-15(13-16)19-14-31-21(26-19)27-11-9-17(10-12-27)32(28,29)20-8-3-2-7-18(20)22(23,24)25/h2-8,13-14,17H,9-12H2,1H3. The third-order valence-electron chi connectivity index (χ3n) is 5.51. The molecule has 170 valence electrons. The van der Waals surface area contributed by atoms with Gasteiger partial charge >= 0.3 is 6.18 Å². The number of thiazole rings is 1. The Bertz CT molecular complexity index is 1200. The number of piperidine rings is 1. The number of sulfone groups is 1. The Morgan fingerprint density at radius 2 is 1.81 bits per heavy atom. The Hall–Kier alpha value is -2.59. The van der Waals surface area contributed by atoms with Crippen LogP contribution in [0.3, 0.4) is 0 Å². The zero-order valence-electron chi connectivity index (χ0n) is 17.2. The summed E-state index contributed by atoms with van der Waals surface area (Å²) in [5.41, 5.74) is 0.594. The molecule has 0 saturated carbocycles. The summed E-state index contributed by atoms with van der Waals surface area (Å²) in [6.07, 6.45) is -4.24. The van der Waals surface area contributed by atoms with Crippen LogP contribution >= 0.6 is 11.3 Å². The molecule has 0 bridgehead atoms. The first-order chi connectivity index (χ1) is 15.2. The number of aromatic nitrogens is 1. The van der Waals surface area contributed by atoms with Gasteiger partial charge in [-0.2, -0.15) is 13.2 Å². The number of hydrogen-bond donors (Lipinski definition) is 0. The van der Waals surface area contributed by atoms with E-state index in [0.717, 1.165) is 34.3 Å². The Labute approximate surface area is 188 Å². The van der Waals surface area contributed by atoms with Crippen molar-refractivity contribution in [2.75, 3.05) is 25.1 Å². The van der Waals surface area contributed by atoms with Gasteiger partial charge in [0.05, 0.1) is 28.5 Å². The van der Waals surface area contributed by atoms with Gasteiger partial charge in [-0.3, -0.25) is 0 Å². The summed E-state index contributed by atoms with van der Waals surface area (Å²) in [7, 11) is -2.51. The fourth-order valence-corrected chi connectivity index (χ4v) is 6.65. The van der Waals surface area contributed by atoms with Gasteiger partial charge in [0.25, 0.3) is 0 Å². The van der Waals surface area contributed by atoms with Crippen molar-refractivity contribution in [1.82, 2.24) is 4.98 Å². The van der Waals surface area contributed by atoms with Gasteiger partial charge < -0.3 is 9.64 Å². The van der Waals surface area contributed by atoms with E-state index in [1.807, 2.05) is 34.5 Å². The van der Waals surface area contributed by atoms with Crippen molar-refractivity contribution in [1.29, 1.82) is 0 Å². The van der Waals surface area contributed by atoms with Crippen LogP contribution in [0.15, 0.2) is 58.8 Å². The van der Waals surface area contributed by atoms with E-state index in [-0.39, 0.29) is 12.8 Å². The largest absolute Gasteiger partial charge is 0.497 e. The van der Waals surface area contributed by atoms with Crippen LogP contribution in [0, 0.1) is 0 Å². The zero-order valence-corrected chi connectivity index (χ0v) is 18.8. The average molecular weight is 483 g/mol. The molecule has 0 aliphatic carbocycles. The fourth-order valence-electron chi connectivity index (χ4n) is 3.81. The molecule has 4 rings (SSSR count). The molecule has 1 saturated heterocycles. The summed E-state index contributed by atoms with van der Waals surface area (Å²) >= 11 is 1.45. The van der Waals surface area contributed by atoms with Gasteiger partial charge in [-0.25, -0.2) is 13.4 Å². The van der Waals surface area contributed by atoms with Gasteiger partial charge in [0.15, 0.2) is 15.0 Å². The van der Waals surface area contributed by atoms with Crippen LogP contribution in [0.5, 0.6) is 5.75 Å². The van der Waals surface area contributed by atoms with Crippen molar-refractivity contribution < 1.29 is 26.3 Å². The molecule has 1 fully saturated rings. The molecule has 5 nitrogen and oxygen atoms in total. The van der Waals surface area contributed by atoms with E-state index >= 15 is 0 Å². The van der Waals surface area contributed by atoms with Crippen LogP contribution in [0.4, 0.5) is 18.3 Å². The van der Waals surface area contributed by atoms with Gasteiger partial charge in [0, 0.05) is 24.0 Å². The van der Waals surface area contributed by atoms with Crippen molar-refractivity contribution in [2.45, 2.75) is 29.2 Å². The quantitative estimate of drug-likeness (QED) is 0.495. The lowest BCUT2D eigenvalue weighted by atomic mass is 10.1. The summed E-state index contributed by atoms with van der Waals surface area (Å²) in [6.45, 7) is 0.812. The van der Waals surface area contributed by atoms with Crippen LogP contribution in [-0.2, 0) is 16.0 Å². The van der Waals surface area contributed by atoms with Crippen molar-refractivity contribution >= 4 is 26.3 Å². The number of benzene rings is 2. The highest BCUT2D eigenvalue weighted by Gasteiger charge is 2.40. The minimum Gasteiger partial charge on any atom is -0.497 e. The molecule has 2 heterocycles. The highest BCUT2D eigenvalue weighted by Crippen LogP contribution is 2.37. The minimum atomic E-state index is -4.72. The summed E-state index contributed by atoms with van der Waals surface area (Å²) in [5, 5.41) is 1.82. The number of rotatable bonds is 5. The van der Waals surface area contributed by atoms with E-state index in [0.29, 0.717) is 13.1 Å². The smallest absolute Gasteiger partial charge is 0.417 e. The lowest BCUT2D eigenvalue weighted by Gasteiger charge is -2.31. The second-order valence-electron chi connectivity index (χ2n) is 7.47. The first-order valence-corrected chi connectivity index (χ1v) is 12.4. The Balaban J connectivity index is 1.49. The number of anilines is 1. The third-order valence-corrected chi connectivity index (χ3v) is 8.73. The average Bonchev–Trinajstić information content (AvgIpc) is 3.29. The molecule has 0 atom stereocenters. The molecule has 0 unspecified atom stereocenters. The van der Waals surface area contributed by atoms with Gasteiger partial charge in [-0.15, -0.1) is 11.3 Å². The van der Waals surface area contributed by atoms with E-state index in [9.17, 15) is 21.6 Å². The Morgan fingerprint density at radius 3 is 2.50 bits per heavy atom. The van der Waals surface area contributed by atoms with E-state index < -0.39 is 31.7 Å². The molecule has 2 aromatic carbocycles. The summed E-state index contributed by atoms with van der Waals surface area (Å²) in [4.78, 5) is 6.01. The van der Waals surface area contributed by atoms with Crippen molar-refractivity contribution in [3.05, 3.63) is 59.5 Å². The number of alkyl halides is 3. The van der Waals surface area contributed by atoms with E-state index in [4.69, 9.17) is 4.74 Å². The van der Waals surface area contributed by atoms with Crippen molar-refractivity contribution in [3.63, 3.8) is 0 Å². The van der Waals surface area contributed by atoms with Gasteiger partial charge in [0.2, 0.25) is 0 Å². The number of nitrogens with zero attached hydrogens (tertiary/aromatic N) is 2. The molecule has 1 aliphatic rings. The van der Waals surface area contributed by atoms with Crippen LogP contribution in [0.1, 0.15) is 18.4 Å². The van der Waals surface area contributed by atoms with Crippen LogP contribution in [0.2, 0.25) is 0 Å². The summed E-state index contributed by atoms with van der Waals surface area (Å²) < 4.78 is 71.3. The molecule has 3 aromatic rings. The maximum Gasteiger partial charge on any atom is 0.417 e. The third kappa shape index (κ3) is 4.47. The lowest BCUT2D eigenvalue weighted by Crippen LogP contribution is -2.39. The second-order valence-corrected chi connectivity index (χ2v) is 10.5. The van der Waals surface area contributed by atoms with Gasteiger partial charge in [-0.1, -0.05) is 24.3 Å². The molecular weight excluding hydrogens is 461 g/mol. The highest BCUT2D eigenvalue weighted by molar-refractivity contribution is 7.92. The number of halogens is 3. The first kappa shape index (κ1) is 22.6. The molecule has 0 radical (unpaired) electrons. The monoisotopic (exact) mass is 482 g/mol. The molecule has 32 heavy (non-hydrogen) atoms. The molecule has 1 aliphatic heterocycles. The number of hydrogen-bond acceptors (Lipinski definition) is 6. The lowest BCUT2D eigenvalue weighted by molar-refractivity contribution is -0.139. The maximum atomic E-state index is 13.3. The zero-order chi connectivity index (χ0) is 22.9. The predicted octanol–water partition coefficient (Wildman–Crippen LogP) is 5.28. The van der Waals surface area contributed by atoms with Gasteiger partial charge in [-0.05, 0) is 37.1 Å². The molecule has 1 aromatic heterocycles.